The van der Waals surface area contributed by atoms with Crippen LogP contribution in [0.15, 0.2) is 60.7 Å². The van der Waals surface area contributed by atoms with Gasteiger partial charge in [0.2, 0.25) is 10.0 Å². The normalized spacial score (nSPS) is 14.7. The lowest BCUT2D eigenvalue weighted by Crippen LogP contribution is -2.37. The molecule has 9 heteroatoms. The number of fused-ring (bicyclic) bond motifs is 4. The Bertz CT molecular complexity index is 1430. The van der Waals surface area contributed by atoms with Crippen molar-refractivity contribution in [2.24, 2.45) is 0 Å². The predicted octanol–water partition coefficient (Wildman–Crippen LogP) is 3.18. The Morgan fingerprint density at radius 3 is 2.79 bits per heavy atom. The molecule has 4 aromatic rings. The molecule has 0 bridgehead atoms. The number of para-hydroxylation sites is 1. The van der Waals surface area contributed by atoms with Crippen molar-refractivity contribution < 1.29 is 23.0 Å². The quantitative estimate of drug-likeness (QED) is 0.334. The van der Waals surface area contributed by atoms with Crippen molar-refractivity contribution in [3.05, 3.63) is 66.2 Å². The summed E-state index contributed by atoms with van der Waals surface area (Å²) in [5.41, 5.74) is 3.21. The van der Waals surface area contributed by atoms with Crippen molar-refractivity contribution in [1.82, 2.24) is 10.3 Å². The van der Waals surface area contributed by atoms with Crippen LogP contribution in [0.3, 0.4) is 0 Å². The molecule has 3 N–H and O–H groups in total. The summed E-state index contributed by atoms with van der Waals surface area (Å²) in [6.45, 7) is 1.86. The molecule has 0 radical (unpaired) electrons. The van der Waals surface area contributed by atoms with Crippen LogP contribution in [0.2, 0.25) is 0 Å². The molecule has 178 valence electrons. The number of nitrogens with zero attached hydrogens (tertiary/aromatic N) is 1. The van der Waals surface area contributed by atoms with E-state index in [1.54, 1.807) is 18.2 Å². The number of ether oxygens (including phenoxy) is 2. The van der Waals surface area contributed by atoms with Crippen molar-refractivity contribution in [2.75, 3.05) is 43.4 Å². The number of hydrogen-bond acceptors (Lipinski definition) is 6. The number of hydrogen-bond donors (Lipinski definition) is 3. The minimum atomic E-state index is -3.42. The highest BCUT2D eigenvalue weighted by Gasteiger charge is 2.26. The Morgan fingerprint density at radius 1 is 1.12 bits per heavy atom. The average Bonchev–Trinajstić information content (AvgIpc) is 3.20. The van der Waals surface area contributed by atoms with E-state index in [9.17, 15) is 13.5 Å². The summed E-state index contributed by atoms with van der Waals surface area (Å²) in [6, 6.07) is 19.3. The van der Waals surface area contributed by atoms with Gasteiger partial charge in [0.05, 0.1) is 30.1 Å². The third kappa shape index (κ3) is 4.54. The summed E-state index contributed by atoms with van der Waals surface area (Å²) >= 11 is 0. The van der Waals surface area contributed by atoms with Gasteiger partial charge in [-0.3, -0.25) is 4.31 Å². The van der Waals surface area contributed by atoms with E-state index in [0.717, 1.165) is 22.2 Å². The van der Waals surface area contributed by atoms with E-state index in [0.29, 0.717) is 43.3 Å². The maximum Gasteiger partial charge on any atom is 0.232 e. The average molecular weight is 482 g/mol. The second-order valence-corrected chi connectivity index (χ2v) is 10.3. The number of aromatic amines is 1. The first kappa shape index (κ1) is 22.5. The molecule has 1 aromatic heterocycles. The van der Waals surface area contributed by atoms with E-state index in [1.165, 1.54) is 15.9 Å². The highest BCUT2D eigenvalue weighted by molar-refractivity contribution is 7.92. The van der Waals surface area contributed by atoms with Crippen LogP contribution in [-0.2, 0) is 10.0 Å². The first-order valence-corrected chi connectivity index (χ1v) is 13.0. The van der Waals surface area contributed by atoms with Crippen LogP contribution in [0, 0.1) is 0 Å². The van der Waals surface area contributed by atoms with Gasteiger partial charge in [-0.05, 0) is 35.9 Å². The molecule has 1 atom stereocenters. The number of benzene rings is 3. The predicted molar refractivity (Wildman–Crippen MR) is 133 cm³/mol. The van der Waals surface area contributed by atoms with Gasteiger partial charge in [-0.15, -0.1) is 0 Å². The Hall–Kier alpha value is -3.27. The zero-order valence-corrected chi connectivity index (χ0v) is 19.6. The molecule has 1 aliphatic heterocycles. The van der Waals surface area contributed by atoms with Gasteiger partial charge in [0.1, 0.15) is 24.7 Å². The van der Waals surface area contributed by atoms with Gasteiger partial charge in [0.25, 0.3) is 0 Å². The number of aliphatic hydroxyl groups excluding tert-OH is 1. The maximum atomic E-state index is 12.1. The summed E-state index contributed by atoms with van der Waals surface area (Å²) in [4.78, 5) is 3.41. The van der Waals surface area contributed by atoms with E-state index < -0.39 is 16.1 Å². The lowest BCUT2D eigenvalue weighted by molar-refractivity contribution is 0.172. The number of aromatic nitrogens is 1. The van der Waals surface area contributed by atoms with Gasteiger partial charge in [-0.25, -0.2) is 8.42 Å². The van der Waals surface area contributed by atoms with Crippen molar-refractivity contribution in [1.29, 1.82) is 0 Å². The van der Waals surface area contributed by atoms with Gasteiger partial charge in [-0.2, -0.15) is 0 Å². The van der Waals surface area contributed by atoms with Gasteiger partial charge >= 0.3 is 0 Å². The number of rotatable bonds is 8. The lowest BCUT2D eigenvalue weighted by Gasteiger charge is -2.30. The van der Waals surface area contributed by atoms with E-state index in [2.05, 4.69) is 28.5 Å². The molecule has 8 nitrogen and oxygen atoms in total. The second-order valence-electron chi connectivity index (χ2n) is 8.36. The minimum Gasteiger partial charge on any atom is -0.492 e. The Kier molecular flexibility index (Phi) is 6.07. The molecule has 0 amide bonds. The van der Waals surface area contributed by atoms with Crippen LogP contribution >= 0.6 is 0 Å². The van der Waals surface area contributed by atoms with E-state index in [1.807, 2.05) is 24.3 Å². The lowest BCUT2D eigenvalue weighted by atomic mass is 10.1. The Morgan fingerprint density at radius 2 is 1.94 bits per heavy atom. The molecule has 0 saturated carbocycles. The van der Waals surface area contributed by atoms with Crippen LogP contribution in [-0.4, -0.2) is 57.6 Å². The SMILES string of the molecule is CS(=O)(=O)N1CCOc2ccc([C@@H](O)CNCCOc3ccc4c(c3)[nH]c3ccccc34)cc21. The standard InChI is InChI=1S/C25H27N3O5S/c1-34(30,31)28-11-13-33-25-9-6-17(14-23(25)28)24(29)16-26-10-12-32-18-7-8-20-19-4-2-3-5-21(19)27-22(20)15-18/h2-9,14-15,24,26-27,29H,10-13,16H2,1H3/t24-/m0/s1. The molecule has 0 aliphatic carbocycles. The minimum absolute atomic E-state index is 0.255. The van der Waals surface area contributed by atoms with Gasteiger partial charge < -0.3 is 24.9 Å². The van der Waals surface area contributed by atoms with Crippen LogP contribution in [0.25, 0.3) is 21.8 Å². The fourth-order valence-electron chi connectivity index (χ4n) is 4.28. The first-order chi connectivity index (χ1) is 16.4. The monoisotopic (exact) mass is 481 g/mol. The molecule has 0 unspecified atom stereocenters. The fourth-order valence-corrected chi connectivity index (χ4v) is 5.19. The van der Waals surface area contributed by atoms with E-state index in [4.69, 9.17) is 9.47 Å². The zero-order valence-electron chi connectivity index (χ0n) is 18.8. The molecule has 34 heavy (non-hydrogen) atoms. The highest BCUT2D eigenvalue weighted by atomic mass is 32.2. The summed E-state index contributed by atoms with van der Waals surface area (Å²) < 4.78 is 36.9. The van der Waals surface area contributed by atoms with Gasteiger partial charge in [-0.1, -0.05) is 24.3 Å². The fraction of sp³-hybridized carbons (Fsp3) is 0.280. The first-order valence-electron chi connectivity index (χ1n) is 11.2. The van der Waals surface area contributed by atoms with Crippen molar-refractivity contribution in [2.45, 2.75) is 6.10 Å². The van der Waals surface area contributed by atoms with E-state index in [-0.39, 0.29) is 6.54 Å². The highest BCUT2D eigenvalue weighted by Crippen LogP contribution is 2.35. The van der Waals surface area contributed by atoms with Crippen LogP contribution in [0.1, 0.15) is 11.7 Å². The maximum absolute atomic E-state index is 12.1. The smallest absolute Gasteiger partial charge is 0.232 e. The topological polar surface area (TPSA) is 104 Å². The van der Waals surface area contributed by atoms with Crippen molar-refractivity contribution >= 4 is 37.5 Å². The molecule has 5 rings (SSSR count). The molecule has 0 spiro atoms. The molecule has 1 aliphatic rings. The van der Waals surface area contributed by atoms with E-state index >= 15 is 0 Å². The number of nitrogens with one attached hydrogen (secondary N) is 2. The number of H-pyrrole nitrogens is 1. The number of aliphatic hydroxyl groups is 1. The van der Waals surface area contributed by atoms with Gasteiger partial charge in [0, 0.05) is 35.4 Å². The largest absolute Gasteiger partial charge is 0.492 e. The van der Waals surface area contributed by atoms with Crippen LogP contribution in [0.4, 0.5) is 5.69 Å². The summed E-state index contributed by atoms with van der Waals surface area (Å²) in [6.07, 6.45) is 0.374. The third-order valence-electron chi connectivity index (χ3n) is 5.95. The third-order valence-corrected chi connectivity index (χ3v) is 7.13. The summed E-state index contributed by atoms with van der Waals surface area (Å²) in [7, 11) is -3.42. The van der Waals surface area contributed by atoms with Crippen LogP contribution in [0.5, 0.6) is 11.5 Å². The molecule has 0 saturated heterocycles. The van der Waals surface area contributed by atoms with Gasteiger partial charge in [0.15, 0.2) is 0 Å². The number of anilines is 1. The molecule has 0 fully saturated rings. The zero-order chi connectivity index (χ0) is 23.7. The second kappa shape index (κ2) is 9.17. The number of sulfonamides is 1. The molecule has 2 heterocycles. The Balaban J connectivity index is 1.16. The molecular weight excluding hydrogens is 454 g/mol. The molecular formula is C25H27N3O5S. The summed E-state index contributed by atoms with van der Waals surface area (Å²) in [5.74, 6) is 1.28. The van der Waals surface area contributed by atoms with Crippen molar-refractivity contribution in [3.63, 3.8) is 0 Å². The van der Waals surface area contributed by atoms with Crippen LogP contribution < -0.4 is 19.1 Å². The molecule has 3 aromatic carbocycles. The Labute approximate surface area is 198 Å². The van der Waals surface area contributed by atoms with Crippen molar-refractivity contribution in [3.8, 4) is 11.5 Å². The summed E-state index contributed by atoms with van der Waals surface area (Å²) in [5, 5.41) is 16.1.